The summed E-state index contributed by atoms with van der Waals surface area (Å²) >= 11 is 5.69. The van der Waals surface area contributed by atoms with Crippen molar-refractivity contribution in [3.05, 3.63) is 58.9 Å². The largest absolute Gasteiger partial charge is 0.484 e. The minimum atomic E-state index is -3.85. The maximum Gasteiger partial charge on any atom is 0.337 e. The van der Waals surface area contributed by atoms with Gasteiger partial charge >= 0.3 is 5.97 Å². The lowest BCUT2D eigenvalue weighted by molar-refractivity contribution is -0.134. The molecule has 0 atom stereocenters. The van der Waals surface area contributed by atoms with Gasteiger partial charge in [-0.3, -0.25) is 4.79 Å². The third kappa shape index (κ3) is 5.33. The highest BCUT2D eigenvalue weighted by Crippen LogP contribution is 2.23. The standard InChI is InChI=1S/C20H20ClFN2O6S/c1-29-20(26)14-3-2-4-15(11-14)30-13-19(25)23-7-9-24(10-8-23)31(27,28)16-5-6-18(22)17(21)12-16/h2-6,11-12H,7-10,13H2,1H3. The van der Waals surface area contributed by atoms with Gasteiger partial charge in [-0.25, -0.2) is 17.6 Å². The fourth-order valence-electron chi connectivity index (χ4n) is 3.03. The maximum atomic E-state index is 13.3. The van der Waals surface area contributed by atoms with Crippen LogP contribution in [-0.2, 0) is 19.6 Å². The Hall–Kier alpha value is -2.69. The van der Waals surface area contributed by atoms with Crippen LogP contribution in [0.3, 0.4) is 0 Å². The third-order valence-electron chi connectivity index (χ3n) is 4.74. The molecule has 3 rings (SSSR count). The number of nitrogens with zero attached hydrogens (tertiary/aromatic N) is 2. The second kappa shape index (κ2) is 9.63. The number of hydrogen-bond donors (Lipinski definition) is 0. The Labute approximate surface area is 184 Å². The van der Waals surface area contributed by atoms with Crippen molar-refractivity contribution in [2.75, 3.05) is 39.9 Å². The Morgan fingerprint density at radius 2 is 1.81 bits per heavy atom. The average molecular weight is 471 g/mol. The topological polar surface area (TPSA) is 93.2 Å². The minimum absolute atomic E-state index is 0.0842. The number of methoxy groups -OCH3 is 1. The van der Waals surface area contributed by atoms with E-state index in [4.69, 9.17) is 16.3 Å². The number of benzene rings is 2. The summed E-state index contributed by atoms with van der Waals surface area (Å²) in [4.78, 5) is 25.4. The summed E-state index contributed by atoms with van der Waals surface area (Å²) in [6.45, 7) is 0.268. The van der Waals surface area contributed by atoms with Crippen LogP contribution in [0.25, 0.3) is 0 Å². The SMILES string of the molecule is COC(=O)c1cccc(OCC(=O)N2CCN(S(=O)(=O)c3ccc(F)c(Cl)c3)CC2)c1. The Kier molecular flexibility index (Phi) is 7.14. The first-order valence-electron chi connectivity index (χ1n) is 9.26. The summed E-state index contributed by atoms with van der Waals surface area (Å²) in [5, 5.41) is -0.275. The fourth-order valence-corrected chi connectivity index (χ4v) is 4.73. The molecule has 0 N–H and O–H groups in total. The Bertz CT molecular complexity index is 1090. The van der Waals surface area contributed by atoms with E-state index < -0.39 is 21.8 Å². The van der Waals surface area contributed by atoms with E-state index in [0.717, 1.165) is 18.2 Å². The molecule has 1 saturated heterocycles. The zero-order valence-electron chi connectivity index (χ0n) is 16.6. The lowest BCUT2D eigenvalue weighted by Crippen LogP contribution is -2.51. The van der Waals surface area contributed by atoms with E-state index in [1.54, 1.807) is 18.2 Å². The molecule has 0 aromatic heterocycles. The van der Waals surface area contributed by atoms with Crippen molar-refractivity contribution < 1.29 is 31.9 Å². The second-order valence-corrected chi connectivity index (χ2v) is 9.01. The summed E-state index contributed by atoms with van der Waals surface area (Å²) < 4.78 is 50.1. The number of carbonyl (C=O) groups is 2. The van der Waals surface area contributed by atoms with Crippen molar-refractivity contribution in [2.45, 2.75) is 4.90 Å². The van der Waals surface area contributed by atoms with E-state index in [2.05, 4.69) is 4.74 Å². The second-order valence-electron chi connectivity index (χ2n) is 6.67. The summed E-state index contributed by atoms with van der Waals surface area (Å²) in [5.41, 5.74) is 0.298. The lowest BCUT2D eigenvalue weighted by Gasteiger charge is -2.34. The molecule has 31 heavy (non-hydrogen) atoms. The van der Waals surface area contributed by atoms with Gasteiger partial charge in [-0.2, -0.15) is 4.31 Å². The molecular formula is C20H20ClFN2O6S. The molecule has 1 amide bonds. The molecule has 1 heterocycles. The van der Waals surface area contributed by atoms with Crippen LogP contribution >= 0.6 is 11.6 Å². The molecule has 0 spiro atoms. The van der Waals surface area contributed by atoms with Crippen LogP contribution in [-0.4, -0.2) is 69.4 Å². The van der Waals surface area contributed by atoms with Gasteiger partial charge in [0, 0.05) is 26.2 Å². The number of carbonyl (C=O) groups excluding carboxylic acids is 2. The molecule has 8 nitrogen and oxygen atoms in total. The van der Waals surface area contributed by atoms with Crippen LogP contribution in [0.4, 0.5) is 4.39 Å². The van der Waals surface area contributed by atoms with Crippen LogP contribution in [0.1, 0.15) is 10.4 Å². The quantitative estimate of drug-likeness (QED) is 0.601. The van der Waals surface area contributed by atoms with E-state index in [1.807, 2.05) is 0 Å². The number of hydrogen-bond acceptors (Lipinski definition) is 6. The molecule has 0 aliphatic carbocycles. The predicted octanol–water partition coefficient (Wildman–Crippen LogP) is 2.18. The van der Waals surface area contributed by atoms with Gasteiger partial charge in [0.2, 0.25) is 10.0 Å². The highest BCUT2D eigenvalue weighted by atomic mass is 35.5. The van der Waals surface area contributed by atoms with Gasteiger partial charge in [0.1, 0.15) is 11.6 Å². The number of halogens is 2. The van der Waals surface area contributed by atoms with Gasteiger partial charge in [0.15, 0.2) is 6.61 Å². The Morgan fingerprint density at radius 1 is 1.10 bits per heavy atom. The van der Waals surface area contributed by atoms with Crippen molar-refractivity contribution in [1.82, 2.24) is 9.21 Å². The van der Waals surface area contributed by atoms with Gasteiger partial charge in [0.05, 0.1) is 22.6 Å². The van der Waals surface area contributed by atoms with E-state index in [9.17, 15) is 22.4 Å². The molecule has 0 bridgehead atoms. The summed E-state index contributed by atoms with van der Waals surface area (Å²) in [6, 6.07) is 9.48. The van der Waals surface area contributed by atoms with Crippen molar-refractivity contribution in [3.8, 4) is 5.75 Å². The van der Waals surface area contributed by atoms with Crippen molar-refractivity contribution >= 4 is 33.5 Å². The van der Waals surface area contributed by atoms with E-state index >= 15 is 0 Å². The zero-order chi connectivity index (χ0) is 22.6. The molecule has 0 saturated carbocycles. The summed E-state index contributed by atoms with van der Waals surface area (Å²) in [7, 11) is -2.58. The van der Waals surface area contributed by atoms with Crippen LogP contribution in [0.2, 0.25) is 5.02 Å². The first-order chi connectivity index (χ1) is 14.7. The first kappa shape index (κ1) is 23.0. The molecule has 2 aromatic rings. The highest BCUT2D eigenvalue weighted by Gasteiger charge is 2.30. The highest BCUT2D eigenvalue weighted by molar-refractivity contribution is 7.89. The van der Waals surface area contributed by atoms with E-state index in [1.165, 1.54) is 22.4 Å². The molecule has 1 fully saturated rings. The van der Waals surface area contributed by atoms with Gasteiger partial charge < -0.3 is 14.4 Å². The molecule has 0 unspecified atom stereocenters. The van der Waals surface area contributed by atoms with Gasteiger partial charge in [-0.05, 0) is 36.4 Å². The average Bonchev–Trinajstić information content (AvgIpc) is 2.78. The normalized spacial score (nSPS) is 14.9. The van der Waals surface area contributed by atoms with Crippen molar-refractivity contribution in [2.24, 2.45) is 0 Å². The van der Waals surface area contributed by atoms with Crippen molar-refractivity contribution in [1.29, 1.82) is 0 Å². The molecule has 0 radical (unpaired) electrons. The molecule has 11 heteroatoms. The smallest absolute Gasteiger partial charge is 0.337 e. The lowest BCUT2D eigenvalue weighted by atomic mass is 10.2. The number of rotatable bonds is 6. The number of ether oxygens (including phenoxy) is 2. The maximum absolute atomic E-state index is 13.3. The van der Waals surface area contributed by atoms with Gasteiger partial charge in [-0.1, -0.05) is 17.7 Å². The predicted molar refractivity (Wildman–Crippen MR) is 110 cm³/mol. The molecule has 1 aliphatic rings. The van der Waals surface area contributed by atoms with Gasteiger partial charge in [-0.15, -0.1) is 0 Å². The van der Waals surface area contributed by atoms with Gasteiger partial charge in [0.25, 0.3) is 5.91 Å². The Balaban J connectivity index is 1.56. The molecule has 1 aliphatic heterocycles. The van der Waals surface area contributed by atoms with Crippen LogP contribution in [0.5, 0.6) is 5.75 Å². The first-order valence-corrected chi connectivity index (χ1v) is 11.1. The summed E-state index contributed by atoms with van der Waals surface area (Å²) in [6.07, 6.45) is 0. The van der Waals surface area contributed by atoms with Crippen LogP contribution in [0.15, 0.2) is 47.4 Å². The fraction of sp³-hybridized carbons (Fsp3) is 0.300. The molecule has 166 valence electrons. The molecule has 2 aromatic carbocycles. The third-order valence-corrected chi connectivity index (χ3v) is 6.92. The zero-order valence-corrected chi connectivity index (χ0v) is 18.2. The van der Waals surface area contributed by atoms with Crippen LogP contribution in [0, 0.1) is 5.82 Å². The number of sulfonamides is 1. The molecular weight excluding hydrogens is 451 g/mol. The minimum Gasteiger partial charge on any atom is -0.484 e. The van der Waals surface area contributed by atoms with E-state index in [0.29, 0.717) is 11.3 Å². The van der Waals surface area contributed by atoms with E-state index in [-0.39, 0.29) is 48.6 Å². The number of esters is 1. The monoisotopic (exact) mass is 470 g/mol. The number of piperazine rings is 1. The Morgan fingerprint density at radius 3 is 2.45 bits per heavy atom. The summed E-state index contributed by atoms with van der Waals surface area (Å²) in [5.74, 6) is -1.19. The number of amides is 1. The van der Waals surface area contributed by atoms with Crippen LogP contribution < -0.4 is 4.74 Å². The van der Waals surface area contributed by atoms with Crippen molar-refractivity contribution in [3.63, 3.8) is 0 Å².